The van der Waals surface area contributed by atoms with E-state index in [4.69, 9.17) is 9.47 Å². The van der Waals surface area contributed by atoms with Gasteiger partial charge in [0.2, 0.25) is 0 Å². The molecule has 3 aliphatic rings. The fourth-order valence-corrected chi connectivity index (χ4v) is 4.82. The van der Waals surface area contributed by atoms with Crippen LogP contribution in [0.3, 0.4) is 0 Å². The number of rotatable bonds is 5. The first kappa shape index (κ1) is 20.2. The van der Waals surface area contributed by atoms with Gasteiger partial charge in [0.25, 0.3) is 11.8 Å². The van der Waals surface area contributed by atoms with Gasteiger partial charge in [0, 0.05) is 0 Å². The van der Waals surface area contributed by atoms with Crippen molar-refractivity contribution in [2.45, 2.75) is 13.3 Å². The van der Waals surface area contributed by atoms with Crippen molar-refractivity contribution in [3.63, 3.8) is 0 Å². The topological polar surface area (TPSA) is 85.3 Å². The lowest BCUT2D eigenvalue weighted by atomic mass is 9.85. The number of nitrogens with zero attached hydrogens (tertiary/aromatic N) is 2. The lowest BCUT2D eigenvalue weighted by Crippen LogP contribution is -2.28. The molecule has 0 aromatic heterocycles. The highest BCUT2D eigenvalue weighted by Crippen LogP contribution is 2.52. The van der Waals surface area contributed by atoms with E-state index in [1.165, 1.54) is 13.3 Å². The van der Waals surface area contributed by atoms with E-state index >= 15 is 0 Å². The molecule has 1 heterocycles. The van der Waals surface area contributed by atoms with Crippen LogP contribution in [0.25, 0.3) is 0 Å². The van der Waals surface area contributed by atoms with Crippen LogP contribution in [0.1, 0.15) is 27.9 Å². The number of esters is 1. The van der Waals surface area contributed by atoms with Crippen LogP contribution in [0, 0.1) is 30.6 Å². The van der Waals surface area contributed by atoms with E-state index in [0.29, 0.717) is 16.9 Å². The molecule has 2 amide bonds. The zero-order valence-corrected chi connectivity index (χ0v) is 17.7. The monoisotopic (exact) mass is 430 g/mol. The molecule has 2 aliphatic carbocycles. The summed E-state index contributed by atoms with van der Waals surface area (Å²) in [6.07, 6.45) is 6.42. The Morgan fingerprint density at radius 3 is 2.28 bits per heavy atom. The van der Waals surface area contributed by atoms with Crippen molar-refractivity contribution in [2.75, 3.05) is 7.11 Å². The van der Waals surface area contributed by atoms with Crippen LogP contribution in [0.5, 0.6) is 11.5 Å². The number of aryl methyl sites for hydroxylation is 1. The third kappa shape index (κ3) is 3.30. The van der Waals surface area contributed by atoms with Crippen LogP contribution in [0.15, 0.2) is 59.7 Å². The van der Waals surface area contributed by atoms with Gasteiger partial charge >= 0.3 is 5.97 Å². The summed E-state index contributed by atoms with van der Waals surface area (Å²) in [5.74, 6) is -0.637. The SMILES string of the molecule is COc1cc(C=NN2C(=O)C3C4C=CC(C4)C3C2=O)ccc1OC(=O)c1ccc(C)cc1. The number of allylic oxidation sites excluding steroid dienone is 2. The highest BCUT2D eigenvalue weighted by molar-refractivity contribution is 6.06. The molecule has 2 aromatic carbocycles. The number of hydrogen-bond acceptors (Lipinski definition) is 6. The van der Waals surface area contributed by atoms with Crippen molar-refractivity contribution in [3.05, 3.63) is 71.3 Å². The summed E-state index contributed by atoms with van der Waals surface area (Å²) >= 11 is 0. The van der Waals surface area contributed by atoms with E-state index in [1.807, 2.05) is 31.2 Å². The average Bonchev–Trinajstić information content (AvgIpc) is 3.48. The Morgan fingerprint density at radius 2 is 1.66 bits per heavy atom. The van der Waals surface area contributed by atoms with Gasteiger partial charge in [-0.05, 0) is 61.1 Å². The number of hydrogen-bond donors (Lipinski definition) is 0. The molecule has 2 fully saturated rings. The summed E-state index contributed by atoms with van der Waals surface area (Å²) in [4.78, 5) is 37.9. The van der Waals surface area contributed by atoms with Gasteiger partial charge in [-0.3, -0.25) is 9.59 Å². The second-order valence-corrected chi connectivity index (χ2v) is 8.40. The maximum Gasteiger partial charge on any atom is 0.343 e. The molecular formula is C25H22N2O5. The number of benzene rings is 2. The fraction of sp³-hybridized carbons (Fsp3) is 0.280. The van der Waals surface area contributed by atoms with Gasteiger partial charge < -0.3 is 9.47 Å². The van der Waals surface area contributed by atoms with E-state index < -0.39 is 5.97 Å². The molecule has 0 radical (unpaired) electrons. The van der Waals surface area contributed by atoms with Crippen molar-refractivity contribution < 1.29 is 23.9 Å². The molecule has 7 heteroatoms. The fourth-order valence-electron chi connectivity index (χ4n) is 4.82. The molecule has 1 aliphatic heterocycles. The Bertz CT molecular complexity index is 1140. The molecule has 0 N–H and O–H groups in total. The lowest BCUT2D eigenvalue weighted by molar-refractivity contribution is -0.140. The van der Waals surface area contributed by atoms with E-state index in [0.717, 1.165) is 17.0 Å². The van der Waals surface area contributed by atoms with Crippen LogP contribution in [-0.4, -0.2) is 36.1 Å². The number of carbonyl (C=O) groups excluding carboxylic acids is 3. The molecule has 2 aromatic rings. The van der Waals surface area contributed by atoms with Gasteiger partial charge in [-0.2, -0.15) is 10.1 Å². The number of hydrazone groups is 1. The summed E-state index contributed by atoms with van der Waals surface area (Å²) < 4.78 is 10.8. The first-order chi connectivity index (χ1) is 15.5. The highest BCUT2D eigenvalue weighted by atomic mass is 16.6. The summed E-state index contributed by atoms with van der Waals surface area (Å²) in [5, 5.41) is 5.17. The molecule has 5 rings (SSSR count). The normalized spacial score (nSPS) is 25.6. The zero-order chi connectivity index (χ0) is 22.4. The smallest absolute Gasteiger partial charge is 0.343 e. The standard InChI is InChI=1S/C25H22N2O5/c1-14-3-6-16(7-4-14)25(30)32-19-10-5-15(11-20(19)31-2)13-26-27-23(28)21-17-8-9-18(12-17)22(21)24(27)29/h3-11,13,17-18,21-22H,12H2,1-2H3. The van der Waals surface area contributed by atoms with Gasteiger partial charge in [0.05, 0.1) is 30.7 Å². The summed E-state index contributed by atoms with van der Waals surface area (Å²) in [7, 11) is 1.47. The minimum absolute atomic E-state index is 0.143. The molecule has 0 spiro atoms. The van der Waals surface area contributed by atoms with E-state index in [2.05, 4.69) is 5.10 Å². The quantitative estimate of drug-likeness (QED) is 0.239. The van der Waals surface area contributed by atoms with Crippen LogP contribution in [0.4, 0.5) is 0 Å². The lowest BCUT2D eigenvalue weighted by Gasteiger charge is -2.13. The van der Waals surface area contributed by atoms with Crippen molar-refractivity contribution >= 4 is 24.0 Å². The van der Waals surface area contributed by atoms with Crippen LogP contribution in [0.2, 0.25) is 0 Å². The average molecular weight is 430 g/mol. The number of amides is 2. The van der Waals surface area contributed by atoms with Crippen molar-refractivity contribution in [3.8, 4) is 11.5 Å². The van der Waals surface area contributed by atoms with Crippen molar-refractivity contribution in [1.29, 1.82) is 0 Å². The molecule has 7 nitrogen and oxygen atoms in total. The van der Waals surface area contributed by atoms with Crippen LogP contribution < -0.4 is 9.47 Å². The third-order valence-electron chi connectivity index (χ3n) is 6.45. The number of carbonyl (C=O) groups is 3. The number of methoxy groups -OCH3 is 1. The second kappa shape index (κ2) is 7.75. The van der Waals surface area contributed by atoms with Crippen LogP contribution in [-0.2, 0) is 9.59 Å². The number of imide groups is 1. The molecule has 4 unspecified atom stereocenters. The van der Waals surface area contributed by atoms with Gasteiger partial charge in [0.15, 0.2) is 11.5 Å². The first-order valence-electron chi connectivity index (χ1n) is 10.5. The highest BCUT2D eigenvalue weighted by Gasteiger charge is 2.59. The Kier molecular flexibility index (Phi) is 4.89. The molecular weight excluding hydrogens is 408 g/mol. The van der Waals surface area contributed by atoms with Gasteiger partial charge in [0.1, 0.15) is 0 Å². The zero-order valence-electron chi connectivity index (χ0n) is 17.7. The Labute approximate surface area is 185 Å². The minimum atomic E-state index is -0.493. The maximum atomic E-state index is 12.7. The number of fused-ring (bicyclic) bond motifs is 5. The molecule has 162 valence electrons. The third-order valence-corrected chi connectivity index (χ3v) is 6.45. The Balaban J connectivity index is 1.31. The maximum absolute atomic E-state index is 12.7. The molecule has 1 saturated carbocycles. The van der Waals surface area contributed by atoms with Crippen molar-refractivity contribution in [1.82, 2.24) is 5.01 Å². The Morgan fingerprint density at radius 1 is 1.00 bits per heavy atom. The summed E-state index contributed by atoms with van der Waals surface area (Å²) in [6, 6.07) is 12.0. The Hall–Kier alpha value is -3.74. The van der Waals surface area contributed by atoms with Gasteiger partial charge in [-0.25, -0.2) is 4.79 Å². The summed E-state index contributed by atoms with van der Waals surface area (Å²) in [6.45, 7) is 1.94. The second-order valence-electron chi connectivity index (χ2n) is 8.40. The molecule has 2 bridgehead atoms. The van der Waals surface area contributed by atoms with E-state index in [9.17, 15) is 14.4 Å². The van der Waals surface area contributed by atoms with Crippen molar-refractivity contribution in [2.24, 2.45) is 28.8 Å². The minimum Gasteiger partial charge on any atom is -0.493 e. The van der Waals surface area contributed by atoms with Gasteiger partial charge in [-0.1, -0.05) is 29.8 Å². The summed E-state index contributed by atoms with van der Waals surface area (Å²) in [5.41, 5.74) is 2.09. The predicted molar refractivity (Wildman–Crippen MR) is 116 cm³/mol. The molecule has 1 saturated heterocycles. The van der Waals surface area contributed by atoms with Gasteiger partial charge in [-0.15, -0.1) is 0 Å². The largest absolute Gasteiger partial charge is 0.493 e. The molecule has 32 heavy (non-hydrogen) atoms. The van der Waals surface area contributed by atoms with E-state index in [1.54, 1.807) is 30.3 Å². The molecule has 4 atom stereocenters. The van der Waals surface area contributed by atoms with E-state index in [-0.39, 0.29) is 41.2 Å². The predicted octanol–water partition coefficient (Wildman–Crippen LogP) is 3.36. The number of ether oxygens (including phenoxy) is 2. The first-order valence-corrected chi connectivity index (χ1v) is 10.5. The van der Waals surface area contributed by atoms with Crippen LogP contribution >= 0.6 is 0 Å².